The van der Waals surface area contributed by atoms with E-state index in [2.05, 4.69) is 10.6 Å². The summed E-state index contributed by atoms with van der Waals surface area (Å²) in [6, 6.07) is 0. The summed E-state index contributed by atoms with van der Waals surface area (Å²) in [5, 5.41) is 13.6. The third-order valence-corrected chi connectivity index (χ3v) is 2.01. The molecule has 0 atom stereocenters. The molecule has 6 nitrogen and oxygen atoms in total. The van der Waals surface area contributed by atoms with E-state index in [-0.39, 0.29) is 36.7 Å². The largest absolute Gasteiger partial charge is 0.481 e. The number of carboxylic acids is 1. The summed E-state index contributed by atoms with van der Waals surface area (Å²) in [6.45, 7) is 5.53. The lowest BCUT2D eigenvalue weighted by atomic mass is 10.1. The molecule has 0 spiro atoms. The minimum atomic E-state index is -0.861. The van der Waals surface area contributed by atoms with E-state index in [1.165, 1.54) is 0 Å². The van der Waals surface area contributed by atoms with E-state index in [9.17, 15) is 14.4 Å². The van der Waals surface area contributed by atoms with Crippen LogP contribution < -0.4 is 10.6 Å². The number of carbonyl (C=O) groups is 3. The Morgan fingerprint density at radius 1 is 1.00 bits per heavy atom. The van der Waals surface area contributed by atoms with Gasteiger partial charge in [0, 0.05) is 18.4 Å². The van der Waals surface area contributed by atoms with Crippen molar-refractivity contribution in [2.45, 2.75) is 52.0 Å². The minimum Gasteiger partial charge on any atom is -0.481 e. The number of unbranched alkanes of at least 4 members (excludes halogenated alkanes) is 1. The number of rotatable bonds is 7. The van der Waals surface area contributed by atoms with Gasteiger partial charge in [0.1, 0.15) is 0 Å². The summed E-state index contributed by atoms with van der Waals surface area (Å²) < 4.78 is 0. The van der Waals surface area contributed by atoms with Crippen molar-refractivity contribution in [3.05, 3.63) is 0 Å². The van der Waals surface area contributed by atoms with Gasteiger partial charge in [-0.15, -0.1) is 0 Å². The second kappa shape index (κ2) is 7.68. The third-order valence-electron chi connectivity index (χ3n) is 2.01. The highest BCUT2D eigenvalue weighted by molar-refractivity contribution is 5.84. The zero-order valence-corrected chi connectivity index (χ0v) is 11.2. The van der Waals surface area contributed by atoms with E-state index in [0.29, 0.717) is 12.8 Å². The van der Waals surface area contributed by atoms with E-state index in [1.807, 2.05) is 20.8 Å². The van der Waals surface area contributed by atoms with Crippen LogP contribution in [0.4, 0.5) is 0 Å². The van der Waals surface area contributed by atoms with Crippen molar-refractivity contribution < 1.29 is 19.5 Å². The summed E-state index contributed by atoms with van der Waals surface area (Å²) in [7, 11) is 0. The molecule has 18 heavy (non-hydrogen) atoms. The van der Waals surface area contributed by atoms with Crippen LogP contribution in [0.25, 0.3) is 0 Å². The van der Waals surface area contributed by atoms with Crippen molar-refractivity contribution in [2.24, 2.45) is 0 Å². The molecule has 104 valence electrons. The summed E-state index contributed by atoms with van der Waals surface area (Å²) in [5.41, 5.74) is -0.316. The molecule has 0 aromatic rings. The number of amides is 2. The third kappa shape index (κ3) is 10.9. The molecule has 0 unspecified atom stereocenters. The Labute approximate surface area is 107 Å². The maximum absolute atomic E-state index is 11.4. The molecular weight excluding hydrogens is 236 g/mol. The van der Waals surface area contributed by atoms with Crippen LogP contribution in [-0.2, 0) is 14.4 Å². The highest BCUT2D eigenvalue weighted by Crippen LogP contribution is 2.00. The maximum atomic E-state index is 11.4. The minimum absolute atomic E-state index is 0.0466. The average Bonchev–Trinajstić information content (AvgIpc) is 2.19. The summed E-state index contributed by atoms with van der Waals surface area (Å²) in [4.78, 5) is 32.9. The van der Waals surface area contributed by atoms with E-state index in [0.717, 1.165) is 0 Å². The van der Waals surface area contributed by atoms with Gasteiger partial charge in [0.2, 0.25) is 11.8 Å². The van der Waals surface area contributed by atoms with Gasteiger partial charge in [-0.3, -0.25) is 14.4 Å². The Bertz CT molecular complexity index is 308. The van der Waals surface area contributed by atoms with Crippen molar-refractivity contribution >= 4 is 17.8 Å². The molecule has 0 saturated heterocycles. The van der Waals surface area contributed by atoms with E-state index in [1.54, 1.807) is 0 Å². The fraction of sp³-hybridized carbons (Fsp3) is 0.750. The first kappa shape index (κ1) is 16.4. The summed E-state index contributed by atoms with van der Waals surface area (Å²) in [5.74, 6) is -1.33. The van der Waals surface area contributed by atoms with Gasteiger partial charge in [-0.2, -0.15) is 0 Å². The van der Waals surface area contributed by atoms with Gasteiger partial charge in [-0.25, -0.2) is 0 Å². The van der Waals surface area contributed by atoms with Crippen molar-refractivity contribution in [2.75, 3.05) is 6.54 Å². The number of nitrogens with one attached hydrogen (secondary N) is 2. The molecule has 0 aliphatic carbocycles. The van der Waals surface area contributed by atoms with Gasteiger partial charge < -0.3 is 15.7 Å². The van der Waals surface area contributed by atoms with Crippen LogP contribution >= 0.6 is 0 Å². The molecule has 2 amide bonds. The Hall–Kier alpha value is -1.59. The van der Waals surface area contributed by atoms with Crippen molar-refractivity contribution in [1.82, 2.24) is 10.6 Å². The Morgan fingerprint density at radius 3 is 2.06 bits per heavy atom. The lowest BCUT2D eigenvalue weighted by Crippen LogP contribution is -2.45. The monoisotopic (exact) mass is 258 g/mol. The molecule has 0 aromatic heterocycles. The van der Waals surface area contributed by atoms with Crippen LogP contribution in [-0.4, -0.2) is 35.0 Å². The molecule has 0 saturated carbocycles. The lowest BCUT2D eigenvalue weighted by molar-refractivity contribution is -0.137. The van der Waals surface area contributed by atoms with Crippen LogP contribution in [0.5, 0.6) is 0 Å². The van der Waals surface area contributed by atoms with Gasteiger partial charge in [-0.1, -0.05) is 0 Å². The predicted octanol–water partition coefficient (Wildman–Crippen LogP) is 0.662. The normalized spacial score (nSPS) is 10.8. The lowest BCUT2D eigenvalue weighted by Gasteiger charge is -2.20. The topological polar surface area (TPSA) is 95.5 Å². The van der Waals surface area contributed by atoms with Gasteiger partial charge in [0.15, 0.2) is 0 Å². The molecule has 3 N–H and O–H groups in total. The zero-order chi connectivity index (χ0) is 14.2. The molecular formula is C12H22N2O4. The molecule has 0 aliphatic rings. The first-order valence-corrected chi connectivity index (χ1v) is 6.00. The fourth-order valence-electron chi connectivity index (χ4n) is 1.29. The van der Waals surface area contributed by atoms with Crippen LogP contribution in [0.1, 0.15) is 46.5 Å². The molecule has 0 radical (unpaired) electrons. The SMILES string of the molecule is CC(C)(C)NC(=O)CNC(=O)CCCCC(=O)O. The molecule has 0 rings (SSSR count). The zero-order valence-electron chi connectivity index (χ0n) is 11.2. The standard InChI is InChI=1S/C12H22N2O4/c1-12(2,3)14-10(16)8-13-9(15)6-4-5-7-11(17)18/h4-8H2,1-3H3,(H,13,15)(H,14,16)(H,17,18). The Morgan fingerprint density at radius 2 is 1.56 bits per heavy atom. The van der Waals surface area contributed by atoms with E-state index >= 15 is 0 Å². The quantitative estimate of drug-likeness (QED) is 0.585. The summed E-state index contributed by atoms with van der Waals surface area (Å²) >= 11 is 0. The number of hydrogen-bond donors (Lipinski definition) is 3. The van der Waals surface area contributed by atoms with Crippen LogP contribution in [0, 0.1) is 0 Å². The van der Waals surface area contributed by atoms with Crippen LogP contribution in [0.2, 0.25) is 0 Å². The van der Waals surface area contributed by atoms with E-state index < -0.39 is 5.97 Å². The van der Waals surface area contributed by atoms with Gasteiger partial charge in [0.05, 0.1) is 6.54 Å². The molecule has 6 heteroatoms. The van der Waals surface area contributed by atoms with E-state index in [4.69, 9.17) is 5.11 Å². The average molecular weight is 258 g/mol. The number of aliphatic carboxylic acids is 1. The van der Waals surface area contributed by atoms with Crippen LogP contribution in [0.15, 0.2) is 0 Å². The Kier molecular flexibility index (Phi) is 7.00. The number of carboxylic acid groups (broad SMARTS) is 1. The molecule has 0 aliphatic heterocycles. The number of carbonyl (C=O) groups excluding carboxylic acids is 2. The maximum Gasteiger partial charge on any atom is 0.303 e. The number of hydrogen-bond acceptors (Lipinski definition) is 3. The van der Waals surface area contributed by atoms with Crippen molar-refractivity contribution in [1.29, 1.82) is 0 Å². The highest BCUT2D eigenvalue weighted by Gasteiger charge is 2.13. The molecule has 0 heterocycles. The smallest absolute Gasteiger partial charge is 0.303 e. The predicted molar refractivity (Wildman–Crippen MR) is 67.0 cm³/mol. The van der Waals surface area contributed by atoms with Gasteiger partial charge in [0.25, 0.3) is 0 Å². The Balaban J connectivity index is 3.64. The summed E-state index contributed by atoms with van der Waals surface area (Å²) in [6.07, 6.45) is 1.30. The van der Waals surface area contributed by atoms with Crippen molar-refractivity contribution in [3.63, 3.8) is 0 Å². The van der Waals surface area contributed by atoms with Gasteiger partial charge >= 0.3 is 5.97 Å². The fourth-order valence-corrected chi connectivity index (χ4v) is 1.29. The second-order valence-corrected chi connectivity index (χ2v) is 5.18. The molecule has 0 aromatic carbocycles. The molecule has 0 fully saturated rings. The highest BCUT2D eigenvalue weighted by atomic mass is 16.4. The second-order valence-electron chi connectivity index (χ2n) is 5.18. The first-order valence-electron chi connectivity index (χ1n) is 6.00. The van der Waals surface area contributed by atoms with Gasteiger partial charge in [-0.05, 0) is 33.6 Å². The van der Waals surface area contributed by atoms with Crippen LogP contribution in [0.3, 0.4) is 0 Å². The first-order chi connectivity index (χ1) is 8.20. The van der Waals surface area contributed by atoms with Crippen molar-refractivity contribution in [3.8, 4) is 0 Å². The molecule has 0 bridgehead atoms.